The molecule has 0 N–H and O–H groups in total. The van der Waals surface area contributed by atoms with Crippen LogP contribution in [0.1, 0.15) is 24.8 Å². The molecule has 0 amide bonds. The number of piperidine rings is 1. The van der Waals surface area contributed by atoms with E-state index >= 15 is 0 Å². The lowest BCUT2D eigenvalue weighted by Crippen LogP contribution is -2.45. The summed E-state index contributed by atoms with van der Waals surface area (Å²) in [6, 6.07) is 13.3. The Bertz CT molecular complexity index is 846. The van der Waals surface area contributed by atoms with Gasteiger partial charge in [-0.2, -0.15) is 0 Å². The molecule has 0 aliphatic carbocycles. The lowest BCUT2D eigenvalue weighted by molar-refractivity contribution is 0.144. The molecule has 3 heterocycles. The Kier molecular flexibility index (Phi) is 5.07. The number of aromatic nitrogens is 3. The number of rotatable bonds is 5. The van der Waals surface area contributed by atoms with Gasteiger partial charge in [0.1, 0.15) is 12.1 Å². The Morgan fingerprint density at radius 3 is 2.88 bits per heavy atom. The number of fused-ring (bicyclic) bond motifs is 1. The fraction of sp³-hybridized carbons (Fsp3) is 0.381. The molecular weight excluding hydrogens is 322 g/mol. The first-order chi connectivity index (χ1) is 12.8. The van der Waals surface area contributed by atoms with E-state index in [1.807, 2.05) is 12.3 Å². The van der Waals surface area contributed by atoms with Crippen molar-refractivity contribution in [3.63, 3.8) is 0 Å². The smallest absolute Gasteiger partial charge is 0.139 e. The third kappa shape index (κ3) is 3.68. The minimum absolute atomic E-state index is 0.542. The summed E-state index contributed by atoms with van der Waals surface area (Å²) in [4.78, 5) is 18.0. The van der Waals surface area contributed by atoms with Crippen molar-refractivity contribution < 1.29 is 0 Å². The zero-order chi connectivity index (χ0) is 17.8. The maximum atomic E-state index is 4.55. The summed E-state index contributed by atoms with van der Waals surface area (Å²) in [5, 5.41) is 1.07. The van der Waals surface area contributed by atoms with Gasteiger partial charge >= 0.3 is 0 Å². The van der Waals surface area contributed by atoms with Crippen LogP contribution in [0.15, 0.2) is 55.1 Å². The Morgan fingerprint density at radius 1 is 1.12 bits per heavy atom. The molecule has 5 heteroatoms. The third-order valence-electron chi connectivity index (χ3n) is 5.24. The van der Waals surface area contributed by atoms with Gasteiger partial charge < -0.3 is 4.90 Å². The van der Waals surface area contributed by atoms with E-state index in [4.69, 9.17) is 0 Å². The van der Waals surface area contributed by atoms with Crippen LogP contribution >= 0.6 is 0 Å². The molecule has 0 radical (unpaired) electrons. The summed E-state index contributed by atoms with van der Waals surface area (Å²) in [5.74, 6) is 0.989. The largest absolute Gasteiger partial charge is 0.357 e. The lowest BCUT2D eigenvalue weighted by atomic mass is 10.0. The summed E-state index contributed by atoms with van der Waals surface area (Å²) in [6.45, 7) is 3.16. The highest BCUT2D eigenvalue weighted by Gasteiger charge is 2.24. The molecule has 0 unspecified atom stereocenters. The number of anilines is 1. The lowest BCUT2D eigenvalue weighted by Gasteiger charge is -2.38. The van der Waals surface area contributed by atoms with Crippen molar-refractivity contribution in [2.45, 2.75) is 31.8 Å². The van der Waals surface area contributed by atoms with E-state index in [1.54, 1.807) is 12.5 Å². The van der Waals surface area contributed by atoms with Crippen LogP contribution < -0.4 is 4.90 Å². The molecule has 1 saturated heterocycles. The molecule has 0 spiro atoms. The molecule has 4 rings (SSSR count). The molecule has 1 aromatic carbocycles. The highest BCUT2D eigenvalue weighted by Crippen LogP contribution is 2.25. The summed E-state index contributed by atoms with van der Waals surface area (Å²) >= 11 is 0. The SMILES string of the molecule is CN(C[C@H]1CCCCN1Cc1ccccc1)c1ncnc2cnccc12. The number of likely N-dealkylation sites (N-methyl/N-ethyl adjacent to an activating group) is 1. The van der Waals surface area contributed by atoms with Crippen LogP contribution in [0.4, 0.5) is 5.82 Å². The zero-order valence-electron chi connectivity index (χ0n) is 15.3. The Labute approximate surface area is 154 Å². The number of nitrogens with zero attached hydrogens (tertiary/aromatic N) is 5. The van der Waals surface area contributed by atoms with Crippen molar-refractivity contribution in [3.05, 3.63) is 60.7 Å². The van der Waals surface area contributed by atoms with E-state index in [0.29, 0.717) is 6.04 Å². The van der Waals surface area contributed by atoms with Gasteiger partial charge in [0.25, 0.3) is 0 Å². The van der Waals surface area contributed by atoms with Crippen molar-refractivity contribution in [3.8, 4) is 0 Å². The normalized spacial score (nSPS) is 18.1. The molecule has 26 heavy (non-hydrogen) atoms. The molecule has 5 nitrogen and oxygen atoms in total. The van der Waals surface area contributed by atoms with Gasteiger partial charge in [-0.05, 0) is 31.0 Å². The van der Waals surface area contributed by atoms with E-state index in [9.17, 15) is 0 Å². The molecular formula is C21H25N5. The predicted molar refractivity (Wildman–Crippen MR) is 105 cm³/mol. The Balaban J connectivity index is 1.52. The van der Waals surface area contributed by atoms with Gasteiger partial charge in [0.15, 0.2) is 0 Å². The summed E-state index contributed by atoms with van der Waals surface area (Å²) in [5.41, 5.74) is 2.29. The number of hydrogen-bond donors (Lipinski definition) is 0. The van der Waals surface area contributed by atoms with Gasteiger partial charge in [-0.3, -0.25) is 9.88 Å². The van der Waals surface area contributed by atoms with Crippen LogP contribution in [0.3, 0.4) is 0 Å². The van der Waals surface area contributed by atoms with E-state index in [0.717, 1.165) is 29.8 Å². The molecule has 0 bridgehead atoms. The average Bonchev–Trinajstić information content (AvgIpc) is 2.70. The molecule has 2 aromatic heterocycles. The minimum Gasteiger partial charge on any atom is -0.357 e. The van der Waals surface area contributed by atoms with E-state index in [1.165, 1.54) is 31.4 Å². The molecule has 1 atom stereocenters. The maximum Gasteiger partial charge on any atom is 0.139 e. The number of benzene rings is 1. The van der Waals surface area contributed by atoms with Crippen LogP contribution in [0, 0.1) is 0 Å². The van der Waals surface area contributed by atoms with E-state index in [-0.39, 0.29) is 0 Å². The standard InChI is InChI=1S/C21H25N5/c1-25(21-19-10-11-22-13-20(19)23-16-24-21)15-18-9-5-6-12-26(18)14-17-7-3-2-4-8-17/h2-4,7-8,10-11,13,16,18H,5-6,9,12,14-15H2,1H3/t18-/m1/s1. The summed E-state index contributed by atoms with van der Waals surface area (Å²) < 4.78 is 0. The van der Waals surface area contributed by atoms with E-state index in [2.05, 4.69) is 62.1 Å². The summed E-state index contributed by atoms with van der Waals surface area (Å²) in [6.07, 6.45) is 9.08. The number of pyridine rings is 1. The van der Waals surface area contributed by atoms with Gasteiger partial charge in [-0.1, -0.05) is 36.8 Å². The topological polar surface area (TPSA) is 45.2 Å². The molecule has 134 valence electrons. The summed E-state index contributed by atoms with van der Waals surface area (Å²) in [7, 11) is 2.14. The molecule has 0 saturated carbocycles. The van der Waals surface area contributed by atoms with E-state index < -0.39 is 0 Å². The van der Waals surface area contributed by atoms with Crippen molar-refractivity contribution in [2.24, 2.45) is 0 Å². The fourth-order valence-corrected chi connectivity index (χ4v) is 3.89. The second kappa shape index (κ2) is 7.79. The van der Waals surface area contributed by atoms with Gasteiger partial charge in [-0.15, -0.1) is 0 Å². The minimum atomic E-state index is 0.542. The van der Waals surface area contributed by atoms with Crippen molar-refractivity contribution in [1.82, 2.24) is 19.9 Å². The van der Waals surface area contributed by atoms with Gasteiger partial charge in [0.2, 0.25) is 0 Å². The van der Waals surface area contributed by atoms with Crippen molar-refractivity contribution >= 4 is 16.7 Å². The first-order valence-electron chi connectivity index (χ1n) is 9.35. The monoisotopic (exact) mass is 347 g/mol. The highest BCUT2D eigenvalue weighted by atomic mass is 15.2. The predicted octanol–water partition coefficient (Wildman–Crippen LogP) is 3.52. The third-order valence-corrected chi connectivity index (χ3v) is 5.24. The number of hydrogen-bond acceptors (Lipinski definition) is 5. The quantitative estimate of drug-likeness (QED) is 0.707. The molecule has 1 aliphatic rings. The fourth-order valence-electron chi connectivity index (χ4n) is 3.89. The highest BCUT2D eigenvalue weighted by molar-refractivity contribution is 5.88. The van der Waals surface area contributed by atoms with Crippen molar-refractivity contribution in [1.29, 1.82) is 0 Å². The molecule has 1 aliphatic heterocycles. The van der Waals surface area contributed by atoms with Crippen molar-refractivity contribution in [2.75, 3.05) is 25.0 Å². The molecule has 3 aromatic rings. The van der Waals surface area contributed by atoms with Crippen LogP contribution in [0.25, 0.3) is 10.9 Å². The second-order valence-corrected chi connectivity index (χ2v) is 7.08. The zero-order valence-corrected chi connectivity index (χ0v) is 15.3. The molecule has 1 fully saturated rings. The Hall–Kier alpha value is -2.53. The van der Waals surface area contributed by atoms with Crippen LogP contribution in [-0.2, 0) is 6.54 Å². The van der Waals surface area contributed by atoms with Gasteiger partial charge in [0.05, 0.1) is 11.7 Å². The second-order valence-electron chi connectivity index (χ2n) is 7.08. The van der Waals surface area contributed by atoms with Crippen LogP contribution in [-0.4, -0.2) is 46.0 Å². The first kappa shape index (κ1) is 16.9. The number of likely N-dealkylation sites (tertiary alicyclic amines) is 1. The van der Waals surface area contributed by atoms with Gasteiger partial charge in [0, 0.05) is 37.8 Å². The van der Waals surface area contributed by atoms with Crippen LogP contribution in [0.2, 0.25) is 0 Å². The average molecular weight is 347 g/mol. The van der Waals surface area contributed by atoms with Gasteiger partial charge in [-0.25, -0.2) is 9.97 Å². The Morgan fingerprint density at radius 2 is 2.00 bits per heavy atom. The first-order valence-corrected chi connectivity index (χ1v) is 9.35. The maximum absolute atomic E-state index is 4.55. The van der Waals surface area contributed by atoms with Crippen LogP contribution in [0.5, 0.6) is 0 Å².